The Labute approximate surface area is 161 Å². The number of nitriles is 1. The quantitative estimate of drug-likeness (QED) is 0.585. The summed E-state index contributed by atoms with van der Waals surface area (Å²) in [7, 11) is 0. The summed E-state index contributed by atoms with van der Waals surface area (Å²) in [6, 6.07) is 11.9. The van der Waals surface area contributed by atoms with Crippen LogP contribution in [0.4, 0.5) is 5.95 Å². The first kappa shape index (κ1) is 16.9. The van der Waals surface area contributed by atoms with Gasteiger partial charge in [-0.05, 0) is 18.2 Å². The van der Waals surface area contributed by atoms with Gasteiger partial charge in [-0.2, -0.15) is 10.2 Å². The zero-order valence-corrected chi connectivity index (χ0v) is 15.3. The molecule has 28 heavy (non-hydrogen) atoms. The van der Waals surface area contributed by atoms with E-state index in [0.29, 0.717) is 17.2 Å². The summed E-state index contributed by atoms with van der Waals surface area (Å²) in [5.41, 5.74) is 3.64. The van der Waals surface area contributed by atoms with E-state index < -0.39 is 0 Å². The molecule has 0 bridgehead atoms. The van der Waals surface area contributed by atoms with Gasteiger partial charge in [-0.25, -0.2) is 9.97 Å². The topological polar surface area (TPSA) is 91.4 Å². The molecule has 140 valence electrons. The molecule has 1 aliphatic rings. The molecule has 0 spiro atoms. The van der Waals surface area contributed by atoms with Crippen molar-refractivity contribution < 1.29 is 4.74 Å². The molecular formula is C20H19N7O. The second kappa shape index (κ2) is 7.03. The van der Waals surface area contributed by atoms with E-state index in [-0.39, 0.29) is 0 Å². The van der Waals surface area contributed by atoms with Crippen LogP contribution < -0.4 is 5.32 Å². The zero-order valence-electron chi connectivity index (χ0n) is 15.3. The Hall–Kier alpha value is -3.28. The first-order valence-electron chi connectivity index (χ1n) is 9.34. The van der Waals surface area contributed by atoms with E-state index in [1.807, 2.05) is 28.7 Å². The molecule has 4 heterocycles. The number of para-hydroxylation sites is 2. The molecule has 1 N–H and O–H groups in total. The number of fused-ring (bicyclic) bond motifs is 5. The minimum Gasteiger partial charge on any atom is -0.379 e. The van der Waals surface area contributed by atoms with Gasteiger partial charge >= 0.3 is 0 Å². The standard InChI is InChI=1S/C20H19N7O/c21-12-14-11-15-13-23-20(22-5-6-26-7-9-28-10-8-26)25-19(15)27-17-4-2-1-3-16(17)24-18(14)27/h1-4,11,13H,5-10H2,(H,22,23,25). The summed E-state index contributed by atoms with van der Waals surface area (Å²) in [5.74, 6) is 0.574. The third kappa shape index (κ3) is 2.91. The maximum Gasteiger partial charge on any atom is 0.224 e. The van der Waals surface area contributed by atoms with Crippen LogP contribution in [0.3, 0.4) is 0 Å². The SMILES string of the molecule is N#Cc1cc2cnc(NCCN3CCOCC3)nc2n2c1nc1ccccc12. The summed E-state index contributed by atoms with van der Waals surface area (Å²) >= 11 is 0. The molecule has 1 saturated heterocycles. The van der Waals surface area contributed by atoms with Crippen molar-refractivity contribution >= 4 is 33.7 Å². The summed E-state index contributed by atoms with van der Waals surface area (Å²) in [6.45, 7) is 5.17. The molecule has 1 fully saturated rings. The Morgan fingerprint density at radius 2 is 2.00 bits per heavy atom. The summed E-state index contributed by atoms with van der Waals surface area (Å²) in [6.07, 6.45) is 1.76. The van der Waals surface area contributed by atoms with Crippen molar-refractivity contribution in [1.29, 1.82) is 5.26 Å². The van der Waals surface area contributed by atoms with Gasteiger partial charge in [0.05, 0.1) is 29.8 Å². The number of nitrogens with zero attached hydrogens (tertiary/aromatic N) is 6. The fourth-order valence-electron chi connectivity index (χ4n) is 3.62. The van der Waals surface area contributed by atoms with Gasteiger partial charge in [-0.3, -0.25) is 9.30 Å². The van der Waals surface area contributed by atoms with Gasteiger partial charge in [-0.15, -0.1) is 0 Å². The number of nitrogens with one attached hydrogen (secondary N) is 1. The number of morpholine rings is 1. The Kier molecular flexibility index (Phi) is 4.24. The highest BCUT2D eigenvalue weighted by atomic mass is 16.5. The number of rotatable bonds is 4. The molecule has 3 aromatic heterocycles. The molecule has 0 amide bonds. The number of anilines is 1. The van der Waals surface area contributed by atoms with Gasteiger partial charge in [-0.1, -0.05) is 12.1 Å². The highest BCUT2D eigenvalue weighted by molar-refractivity contribution is 5.91. The van der Waals surface area contributed by atoms with Gasteiger partial charge in [0.15, 0.2) is 11.3 Å². The number of hydrogen-bond donors (Lipinski definition) is 1. The lowest BCUT2D eigenvalue weighted by Gasteiger charge is -2.26. The van der Waals surface area contributed by atoms with E-state index in [2.05, 4.69) is 26.3 Å². The molecule has 1 aromatic carbocycles. The van der Waals surface area contributed by atoms with Crippen molar-refractivity contribution in [3.8, 4) is 6.07 Å². The van der Waals surface area contributed by atoms with Crippen molar-refractivity contribution in [3.05, 3.63) is 42.1 Å². The molecule has 8 heteroatoms. The van der Waals surface area contributed by atoms with E-state index in [4.69, 9.17) is 9.72 Å². The first-order valence-corrected chi connectivity index (χ1v) is 9.34. The molecule has 0 unspecified atom stereocenters. The predicted octanol–water partition coefficient (Wildman–Crippen LogP) is 2.05. The fraction of sp³-hybridized carbons (Fsp3) is 0.300. The minimum atomic E-state index is 0.514. The summed E-state index contributed by atoms with van der Waals surface area (Å²) in [5, 5.41) is 13.7. The van der Waals surface area contributed by atoms with E-state index >= 15 is 0 Å². The number of benzene rings is 1. The van der Waals surface area contributed by atoms with Crippen LogP contribution in [-0.2, 0) is 4.74 Å². The molecule has 0 saturated carbocycles. The van der Waals surface area contributed by atoms with Crippen LogP contribution in [0, 0.1) is 11.3 Å². The molecule has 1 aliphatic heterocycles. The summed E-state index contributed by atoms with van der Waals surface area (Å²) < 4.78 is 7.32. The van der Waals surface area contributed by atoms with Crippen molar-refractivity contribution in [2.45, 2.75) is 0 Å². The van der Waals surface area contributed by atoms with E-state index in [1.54, 1.807) is 12.3 Å². The monoisotopic (exact) mass is 373 g/mol. The van der Waals surface area contributed by atoms with Crippen molar-refractivity contribution in [2.24, 2.45) is 0 Å². The normalized spacial score (nSPS) is 15.2. The average molecular weight is 373 g/mol. The Morgan fingerprint density at radius 3 is 2.86 bits per heavy atom. The van der Waals surface area contributed by atoms with Crippen LogP contribution in [-0.4, -0.2) is 63.6 Å². The van der Waals surface area contributed by atoms with Crippen molar-refractivity contribution in [2.75, 3.05) is 44.7 Å². The van der Waals surface area contributed by atoms with Crippen molar-refractivity contribution in [1.82, 2.24) is 24.3 Å². The third-order valence-corrected chi connectivity index (χ3v) is 5.04. The largest absolute Gasteiger partial charge is 0.379 e. The Morgan fingerprint density at radius 1 is 1.14 bits per heavy atom. The second-order valence-corrected chi connectivity index (χ2v) is 6.78. The molecule has 4 aromatic rings. The minimum absolute atomic E-state index is 0.514. The van der Waals surface area contributed by atoms with Crippen LogP contribution in [0.15, 0.2) is 36.5 Å². The molecule has 0 atom stereocenters. The molecule has 0 aliphatic carbocycles. The highest BCUT2D eigenvalue weighted by Gasteiger charge is 2.14. The molecule has 5 rings (SSSR count). The van der Waals surface area contributed by atoms with Gasteiger partial charge in [0.25, 0.3) is 0 Å². The van der Waals surface area contributed by atoms with Gasteiger partial charge in [0.2, 0.25) is 5.95 Å². The second-order valence-electron chi connectivity index (χ2n) is 6.78. The fourth-order valence-corrected chi connectivity index (χ4v) is 3.62. The van der Waals surface area contributed by atoms with Crippen LogP contribution in [0.5, 0.6) is 0 Å². The Bertz CT molecular complexity index is 1200. The van der Waals surface area contributed by atoms with Gasteiger partial charge in [0.1, 0.15) is 6.07 Å². The number of aromatic nitrogens is 4. The predicted molar refractivity (Wildman–Crippen MR) is 106 cm³/mol. The Balaban J connectivity index is 1.53. The third-order valence-electron chi connectivity index (χ3n) is 5.04. The van der Waals surface area contributed by atoms with Crippen molar-refractivity contribution in [3.63, 3.8) is 0 Å². The first-order chi connectivity index (χ1) is 13.8. The number of ether oxygens (including phenoxy) is 1. The number of imidazole rings is 1. The lowest BCUT2D eigenvalue weighted by atomic mass is 10.2. The smallest absolute Gasteiger partial charge is 0.224 e. The van der Waals surface area contributed by atoms with Crippen LogP contribution in [0.25, 0.3) is 27.7 Å². The highest BCUT2D eigenvalue weighted by Crippen LogP contribution is 2.25. The molecular weight excluding hydrogens is 354 g/mol. The van der Waals surface area contributed by atoms with Crippen LogP contribution in [0.1, 0.15) is 5.56 Å². The van der Waals surface area contributed by atoms with Gasteiger partial charge in [0, 0.05) is 37.8 Å². The lowest BCUT2D eigenvalue weighted by molar-refractivity contribution is 0.0398. The number of hydrogen-bond acceptors (Lipinski definition) is 7. The van der Waals surface area contributed by atoms with E-state index in [1.165, 1.54) is 0 Å². The van der Waals surface area contributed by atoms with E-state index in [9.17, 15) is 5.26 Å². The maximum atomic E-state index is 9.54. The van der Waals surface area contributed by atoms with Crippen LogP contribution >= 0.6 is 0 Å². The summed E-state index contributed by atoms with van der Waals surface area (Å²) in [4.78, 5) is 16.1. The maximum absolute atomic E-state index is 9.54. The lowest BCUT2D eigenvalue weighted by Crippen LogP contribution is -2.39. The van der Waals surface area contributed by atoms with Gasteiger partial charge < -0.3 is 10.1 Å². The molecule has 0 radical (unpaired) electrons. The zero-order chi connectivity index (χ0) is 18.9. The molecule has 8 nitrogen and oxygen atoms in total. The van der Waals surface area contributed by atoms with Crippen LogP contribution in [0.2, 0.25) is 0 Å². The number of pyridine rings is 1. The van der Waals surface area contributed by atoms with E-state index in [0.717, 1.165) is 61.5 Å². The average Bonchev–Trinajstić information content (AvgIpc) is 3.14.